The third kappa shape index (κ3) is 4.37. The van der Waals surface area contributed by atoms with E-state index in [1.54, 1.807) is 47.2 Å². The molecular weight excluding hydrogens is 372 g/mol. The standard InChI is InChI=1S/C21H22N4O4/c26-17(15-5-2-1-3-6-15)10-11-19(27)22-12-13-24-21(28)25(16-8-9-16)20(23-24)18-7-4-14-29-18/h1-7,14,16H,8-13H2,(H,22,27). The molecule has 0 aliphatic heterocycles. The second kappa shape index (κ2) is 8.30. The number of nitrogens with one attached hydrogen (secondary N) is 1. The number of hydrogen-bond acceptors (Lipinski definition) is 5. The second-order valence-corrected chi connectivity index (χ2v) is 7.05. The van der Waals surface area contributed by atoms with Gasteiger partial charge in [0.05, 0.1) is 12.8 Å². The van der Waals surface area contributed by atoms with E-state index in [0.717, 1.165) is 12.8 Å². The molecule has 150 valence electrons. The molecular formula is C21H22N4O4. The normalized spacial score (nSPS) is 13.4. The number of rotatable bonds is 9. The Morgan fingerprint density at radius 2 is 1.90 bits per heavy atom. The number of furan rings is 1. The SMILES string of the molecule is O=C(CCC(=O)c1ccccc1)NCCn1nc(-c2ccco2)n(C2CC2)c1=O. The highest BCUT2D eigenvalue weighted by Crippen LogP contribution is 2.36. The number of amides is 1. The third-order valence-electron chi connectivity index (χ3n) is 4.84. The summed E-state index contributed by atoms with van der Waals surface area (Å²) in [4.78, 5) is 36.8. The first kappa shape index (κ1) is 18.9. The monoisotopic (exact) mass is 394 g/mol. The van der Waals surface area contributed by atoms with Crippen molar-refractivity contribution in [2.45, 2.75) is 38.3 Å². The minimum Gasteiger partial charge on any atom is -0.461 e. The lowest BCUT2D eigenvalue weighted by Crippen LogP contribution is -2.32. The van der Waals surface area contributed by atoms with Gasteiger partial charge < -0.3 is 9.73 Å². The van der Waals surface area contributed by atoms with E-state index in [1.165, 1.54) is 4.68 Å². The molecule has 0 unspecified atom stereocenters. The van der Waals surface area contributed by atoms with Gasteiger partial charge >= 0.3 is 5.69 Å². The van der Waals surface area contributed by atoms with Gasteiger partial charge in [-0.2, -0.15) is 0 Å². The molecule has 29 heavy (non-hydrogen) atoms. The maximum absolute atomic E-state index is 12.7. The van der Waals surface area contributed by atoms with E-state index in [2.05, 4.69) is 10.4 Å². The van der Waals surface area contributed by atoms with E-state index < -0.39 is 0 Å². The van der Waals surface area contributed by atoms with Crippen LogP contribution in [0.1, 0.15) is 42.1 Å². The summed E-state index contributed by atoms with van der Waals surface area (Å²) in [5, 5.41) is 7.14. The van der Waals surface area contributed by atoms with Crippen molar-refractivity contribution in [3.8, 4) is 11.6 Å². The fourth-order valence-electron chi connectivity index (χ4n) is 3.19. The summed E-state index contributed by atoms with van der Waals surface area (Å²) in [5.74, 6) is 0.775. The van der Waals surface area contributed by atoms with E-state index in [-0.39, 0.29) is 49.4 Å². The molecule has 0 spiro atoms. The molecule has 0 bridgehead atoms. The van der Waals surface area contributed by atoms with E-state index >= 15 is 0 Å². The molecule has 1 N–H and O–H groups in total. The van der Waals surface area contributed by atoms with Crippen LogP contribution >= 0.6 is 0 Å². The Balaban J connectivity index is 1.32. The predicted molar refractivity (Wildman–Crippen MR) is 105 cm³/mol. The highest BCUT2D eigenvalue weighted by molar-refractivity contribution is 5.97. The van der Waals surface area contributed by atoms with Crippen LogP contribution < -0.4 is 11.0 Å². The molecule has 1 saturated carbocycles. The van der Waals surface area contributed by atoms with Crippen molar-refractivity contribution in [2.24, 2.45) is 0 Å². The molecule has 8 heteroatoms. The molecule has 2 aromatic heterocycles. The first-order valence-electron chi connectivity index (χ1n) is 9.71. The highest BCUT2D eigenvalue weighted by atomic mass is 16.3. The van der Waals surface area contributed by atoms with Crippen LogP contribution in [-0.2, 0) is 11.3 Å². The number of carbonyl (C=O) groups excluding carboxylic acids is 2. The number of Topliss-reactive ketones (excluding diaryl/α,β-unsaturated/α-hetero) is 1. The molecule has 3 aromatic rings. The highest BCUT2D eigenvalue weighted by Gasteiger charge is 2.31. The van der Waals surface area contributed by atoms with Crippen LogP contribution in [0.3, 0.4) is 0 Å². The maximum atomic E-state index is 12.7. The first-order chi connectivity index (χ1) is 14.1. The molecule has 1 aliphatic carbocycles. The van der Waals surface area contributed by atoms with Crippen molar-refractivity contribution in [3.63, 3.8) is 0 Å². The van der Waals surface area contributed by atoms with Gasteiger partial charge in [0.15, 0.2) is 11.5 Å². The molecule has 8 nitrogen and oxygen atoms in total. The van der Waals surface area contributed by atoms with Gasteiger partial charge in [-0.15, -0.1) is 5.10 Å². The summed E-state index contributed by atoms with van der Waals surface area (Å²) >= 11 is 0. The second-order valence-electron chi connectivity index (χ2n) is 7.05. The van der Waals surface area contributed by atoms with Crippen molar-refractivity contribution in [2.75, 3.05) is 6.54 Å². The fourth-order valence-corrected chi connectivity index (χ4v) is 3.19. The average molecular weight is 394 g/mol. The van der Waals surface area contributed by atoms with Crippen LogP contribution in [0.2, 0.25) is 0 Å². The molecule has 0 saturated heterocycles. The lowest BCUT2D eigenvalue weighted by molar-refractivity contribution is -0.121. The molecule has 4 rings (SSSR count). The topological polar surface area (TPSA) is 99.1 Å². The summed E-state index contributed by atoms with van der Waals surface area (Å²) in [6, 6.07) is 12.6. The molecule has 1 fully saturated rings. The maximum Gasteiger partial charge on any atom is 0.346 e. The lowest BCUT2D eigenvalue weighted by Gasteiger charge is -2.05. The third-order valence-corrected chi connectivity index (χ3v) is 4.84. The molecule has 1 aliphatic rings. The first-order valence-corrected chi connectivity index (χ1v) is 9.71. The zero-order valence-electron chi connectivity index (χ0n) is 15.9. The predicted octanol–water partition coefficient (Wildman–Crippen LogP) is 2.42. The Morgan fingerprint density at radius 3 is 2.59 bits per heavy atom. The summed E-state index contributed by atoms with van der Waals surface area (Å²) in [5.41, 5.74) is 0.398. The Kier molecular flexibility index (Phi) is 5.41. The van der Waals surface area contributed by atoms with Crippen molar-refractivity contribution in [3.05, 3.63) is 64.8 Å². The zero-order chi connectivity index (χ0) is 20.2. The number of carbonyl (C=O) groups is 2. The summed E-state index contributed by atoms with van der Waals surface area (Å²) in [6.07, 6.45) is 3.70. The van der Waals surface area contributed by atoms with E-state index in [0.29, 0.717) is 17.1 Å². The number of benzene rings is 1. The van der Waals surface area contributed by atoms with Crippen molar-refractivity contribution in [1.29, 1.82) is 0 Å². The summed E-state index contributed by atoms with van der Waals surface area (Å²) in [7, 11) is 0. The van der Waals surface area contributed by atoms with Gasteiger partial charge in [-0.1, -0.05) is 30.3 Å². The van der Waals surface area contributed by atoms with Crippen LogP contribution in [0.25, 0.3) is 11.6 Å². The van der Waals surface area contributed by atoms with Gasteiger partial charge in [0.2, 0.25) is 11.7 Å². The van der Waals surface area contributed by atoms with Gasteiger partial charge in [-0.3, -0.25) is 14.2 Å². The summed E-state index contributed by atoms with van der Waals surface area (Å²) < 4.78 is 8.42. The van der Waals surface area contributed by atoms with Crippen molar-refractivity contribution in [1.82, 2.24) is 19.7 Å². The number of ketones is 1. The van der Waals surface area contributed by atoms with Gasteiger partial charge in [0.1, 0.15) is 0 Å². The molecule has 1 amide bonds. The number of hydrogen-bond donors (Lipinski definition) is 1. The van der Waals surface area contributed by atoms with Crippen LogP contribution in [0.4, 0.5) is 0 Å². The van der Waals surface area contributed by atoms with Gasteiger partial charge in [-0.25, -0.2) is 9.48 Å². The average Bonchev–Trinajstić information content (AvgIpc) is 3.31. The van der Waals surface area contributed by atoms with E-state index in [1.807, 2.05) is 6.07 Å². The Morgan fingerprint density at radius 1 is 1.10 bits per heavy atom. The smallest absolute Gasteiger partial charge is 0.346 e. The minimum atomic E-state index is -0.227. The fraction of sp³-hybridized carbons (Fsp3) is 0.333. The Bertz CT molecular complexity index is 1050. The lowest BCUT2D eigenvalue weighted by atomic mass is 10.1. The zero-order valence-corrected chi connectivity index (χ0v) is 15.9. The van der Waals surface area contributed by atoms with Crippen LogP contribution in [0.5, 0.6) is 0 Å². The van der Waals surface area contributed by atoms with Crippen molar-refractivity contribution < 1.29 is 14.0 Å². The molecule has 0 radical (unpaired) electrons. The van der Waals surface area contributed by atoms with Crippen LogP contribution in [-0.4, -0.2) is 32.6 Å². The summed E-state index contributed by atoms with van der Waals surface area (Å²) in [6.45, 7) is 0.516. The van der Waals surface area contributed by atoms with Gasteiger partial charge in [0.25, 0.3) is 0 Å². The quantitative estimate of drug-likeness (QED) is 0.562. The van der Waals surface area contributed by atoms with E-state index in [4.69, 9.17) is 4.42 Å². The Hall–Kier alpha value is -3.42. The van der Waals surface area contributed by atoms with Crippen molar-refractivity contribution >= 4 is 11.7 Å². The Labute approximate surface area is 167 Å². The largest absolute Gasteiger partial charge is 0.461 e. The molecule has 1 aromatic carbocycles. The minimum absolute atomic E-state index is 0.0664. The van der Waals surface area contributed by atoms with Crippen LogP contribution in [0.15, 0.2) is 57.9 Å². The number of nitrogens with zero attached hydrogens (tertiary/aromatic N) is 3. The molecule has 0 atom stereocenters. The van der Waals surface area contributed by atoms with E-state index in [9.17, 15) is 14.4 Å². The number of aromatic nitrogens is 3. The van der Waals surface area contributed by atoms with Gasteiger partial charge in [0, 0.05) is 31.0 Å². The molecule has 2 heterocycles. The van der Waals surface area contributed by atoms with Crippen LogP contribution in [0, 0.1) is 0 Å². The van der Waals surface area contributed by atoms with Gasteiger partial charge in [-0.05, 0) is 25.0 Å².